The van der Waals surface area contributed by atoms with Crippen LogP contribution in [0.25, 0.3) is 0 Å². The summed E-state index contributed by atoms with van der Waals surface area (Å²) in [5.74, 6) is 0.432. The fraction of sp³-hybridized carbons (Fsp3) is 0.667. The number of benzene rings is 1. The summed E-state index contributed by atoms with van der Waals surface area (Å²) in [6.45, 7) is 12.5. The molecule has 0 atom stereocenters. The van der Waals surface area contributed by atoms with Crippen LogP contribution >= 0.6 is 0 Å². The lowest BCUT2D eigenvalue weighted by molar-refractivity contribution is -0.139. The van der Waals surface area contributed by atoms with Crippen LogP contribution in [-0.4, -0.2) is 80.4 Å². The van der Waals surface area contributed by atoms with Gasteiger partial charge in [0.05, 0.1) is 13.5 Å². The third kappa shape index (κ3) is 7.13. The zero-order valence-electron chi connectivity index (χ0n) is 19.4. The number of carbonyl (C=O) groups is 2. The Labute approximate surface area is 186 Å². The summed E-state index contributed by atoms with van der Waals surface area (Å²) in [5.41, 5.74) is 1.75. The molecule has 0 aliphatic carbocycles. The first kappa shape index (κ1) is 23.4. The number of ether oxygens (including phenoxy) is 2. The van der Waals surface area contributed by atoms with Gasteiger partial charge in [-0.25, -0.2) is 4.79 Å². The summed E-state index contributed by atoms with van der Waals surface area (Å²) in [6, 6.07) is 8.22. The van der Waals surface area contributed by atoms with E-state index in [1.165, 1.54) is 12.8 Å². The molecular weight excluding hydrogens is 394 g/mol. The first-order valence-electron chi connectivity index (χ1n) is 11.3. The van der Waals surface area contributed by atoms with Crippen LogP contribution in [0.1, 0.15) is 39.2 Å². The van der Waals surface area contributed by atoms with Crippen LogP contribution in [0.5, 0.6) is 0 Å². The van der Waals surface area contributed by atoms with Crippen molar-refractivity contribution in [2.45, 2.75) is 45.6 Å². The van der Waals surface area contributed by atoms with Crippen LogP contribution in [0.2, 0.25) is 0 Å². The van der Waals surface area contributed by atoms with E-state index in [0.717, 1.165) is 64.2 Å². The molecule has 0 N–H and O–H groups in total. The monoisotopic (exact) mass is 431 g/mol. The maximum Gasteiger partial charge on any atom is 0.410 e. The molecule has 2 fully saturated rings. The molecule has 0 saturated carbocycles. The quantitative estimate of drug-likeness (QED) is 0.668. The molecule has 0 spiro atoms. The van der Waals surface area contributed by atoms with E-state index >= 15 is 0 Å². The van der Waals surface area contributed by atoms with E-state index in [9.17, 15) is 9.59 Å². The number of likely N-dealkylation sites (tertiary alicyclic amines) is 1. The molecule has 2 heterocycles. The summed E-state index contributed by atoms with van der Waals surface area (Å²) in [7, 11) is 1.42. The lowest BCUT2D eigenvalue weighted by Gasteiger charge is -2.39. The third-order valence-electron chi connectivity index (χ3n) is 6.03. The Balaban J connectivity index is 1.39. The Morgan fingerprint density at radius 3 is 2.13 bits per heavy atom. The standard InChI is InChI=1S/C24H37N3O4/c1-24(2,3)31-23(29)27-11-9-20(10-12-27)18-25-13-15-26(16-14-25)21-7-5-19(6-8-21)17-22(28)30-4/h5-8,20H,9-18H2,1-4H3. The van der Waals surface area contributed by atoms with E-state index in [2.05, 4.69) is 21.9 Å². The third-order valence-corrected chi connectivity index (χ3v) is 6.03. The van der Waals surface area contributed by atoms with Gasteiger partial charge in [0, 0.05) is 51.5 Å². The van der Waals surface area contributed by atoms with Crippen molar-refractivity contribution in [3.63, 3.8) is 0 Å². The predicted octanol–water partition coefficient (Wildman–Crippen LogP) is 3.17. The van der Waals surface area contributed by atoms with Crippen LogP contribution < -0.4 is 4.90 Å². The molecule has 0 unspecified atom stereocenters. The molecule has 2 saturated heterocycles. The summed E-state index contributed by atoms with van der Waals surface area (Å²) in [4.78, 5) is 30.5. The second-order valence-corrected chi connectivity index (χ2v) is 9.62. The molecule has 172 valence electrons. The smallest absolute Gasteiger partial charge is 0.410 e. The van der Waals surface area contributed by atoms with E-state index < -0.39 is 5.60 Å². The van der Waals surface area contributed by atoms with Crippen LogP contribution in [-0.2, 0) is 20.7 Å². The number of carbonyl (C=O) groups excluding carboxylic acids is 2. The van der Waals surface area contributed by atoms with E-state index in [1.807, 2.05) is 37.8 Å². The molecule has 0 bridgehead atoms. The molecule has 1 aromatic rings. The average Bonchev–Trinajstić information content (AvgIpc) is 2.74. The van der Waals surface area contributed by atoms with Crippen molar-refractivity contribution in [3.8, 4) is 0 Å². The van der Waals surface area contributed by atoms with Gasteiger partial charge >= 0.3 is 12.1 Å². The van der Waals surface area contributed by atoms with Crippen molar-refractivity contribution in [1.29, 1.82) is 0 Å². The number of nitrogens with zero attached hydrogens (tertiary/aromatic N) is 3. The van der Waals surface area contributed by atoms with Gasteiger partial charge in [-0.2, -0.15) is 0 Å². The molecule has 3 rings (SSSR count). The molecule has 0 aromatic heterocycles. The van der Waals surface area contributed by atoms with Crippen LogP contribution in [0.3, 0.4) is 0 Å². The van der Waals surface area contributed by atoms with Crippen LogP contribution in [0.4, 0.5) is 10.5 Å². The second kappa shape index (κ2) is 10.4. The van der Waals surface area contributed by atoms with Gasteiger partial charge in [0.15, 0.2) is 0 Å². The van der Waals surface area contributed by atoms with Gasteiger partial charge in [0.2, 0.25) is 0 Å². The zero-order valence-corrected chi connectivity index (χ0v) is 19.4. The van der Waals surface area contributed by atoms with Gasteiger partial charge < -0.3 is 19.3 Å². The largest absolute Gasteiger partial charge is 0.469 e. The maximum atomic E-state index is 12.2. The number of methoxy groups -OCH3 is 1. The number of piperidine rings is 1. The Bertz CT molecular complexity index is 728. The lowest BCUT2D eigenvalue weighted by Crippen LogP contribution is -2.49. The van der Waals surface area contributed by atoms with Gasteiger partial charge in [-0.15, -0.1) is 0 Å². The minimum Gasteiger partial charge on any atom is -0.469 e. The summed E-state index contributed by atoms with van der Waals surface area (Å²) >= 11 is 0. The fourth-order valence-corrected chi connectivity index (χ4v) is 4.24. The SMILES string of the molecule is COC(=O)Cc1ccc(N2CCN(CC3CCN(C(=O)OC(C)(C)C)CC3)CC2)cc1. The summed E-state index contributed by atoms with van der Waals surface area (Å²) in [5, 5.41) is 0. The van der Waals surface area contributed by atoms with Crippen molar-refractivity contribution in [2.75, 3.05) is 57.8 Å². The highest BCUT2D eigenvalue weighted by Gasteiger charge is 2.28. The lowest BCUT2D eigenvalue weighted by atomic mass is 9.96. The molecule has 0 radical (unpaired) electrons. The Morgan fingerprint density at radius 1 is 0.968 bits per heavy atom. The zero-order chi connectivity index (χ0) is 22.4. The first-order valence-corrected chi connectivity index (χ1v) is 11.3. The minimum atomic E-state index is -0.435. The number of esters is 1. The van der Waals surface area contributed by atoms with Crippen molar-refractivity contribution in [1.82, 2.24) is 9.80 Å². The Hall–Kier alpha value is -2.28. The van der Waals surface area contributed by atoms with Crippen molar-refractivity contribution in [3.05, 3.63) is 29.8 Å². The summed E-state index contributed by atoms with van der Waals surface area (Å²) < 4.78 is 10.2. The van der Waals surface area contributed by atoms with E-state index in [1.54, 1.807) is 0 Å². The molecular formula is C24H37N3O4. The van der Waals surface area contributed by atoms with Gasteiger partial charge in [0.1, 0.15) is 5.60 Å². The molecule has 2 aliphatic heterocycles. The summed E-state index contributed by atoms with van der Waals surface area (Å²) in [6.07, 6.45) is 2.22. The second-order valence-electron chi connectivity index (χ2n) is 9.62. The van der Waals surface area contributed by atoms with Crippen LogP contribution in [0.15, 0.2) is 24.3 Å². The van der Waals surface area contributed by atoms with E-state index in [0.29, 0.717) is 12.3 Å². The highest BCUT2D eigenvalue weighted by molar-refractivity contribution is 5.72. The molecule has 1 amide bonds. The maximum absolute atomic E-state index is 12.2. The first-order chi connectivity index (χ1) is 14.7. The molecule has 7 heteroatoms. The highest BCUT2D eigenvalue weighted by Crippen LogP contribution is 2.23. The number of hydrogen-bond donors (Lipinski definition) is 0. The van der Waals surface area contributed by atoms with Crippen molar-refractivity contribution < 1.29 is 19.1 Å². The molecule has 1 aromatic carbocycles. The normalized spacial score (nSPS) is 18.7. The Kier molecular flexibility index (Phi) is 7.81. The van der Waals surface area contributed by atoms with E-state index in [-0.39, 0.29) is 12.1 Å². The minimum absolute atomic E-state index is 0.183. The van der Waals surface area contributed by atoms with Crippen molar-refractivity contribution >= 4 is 17.7 Å². The van der Waals surface area contributed by atoms with Gasteiger partial charge in [-0.05, 0) is 57.2 Å². The van der Waals surface area contributed by atoms with Gasteiger partial charge in [-0.1, -0.05) is 12.1 Å². The number of amides is 1. The molecule has 2 aliphatic rings. The van der Waals surface area contributed by atoms with Gasteiger partial charge in [-0.3, -0.25) is 9.69 Å². The topological polar surface area (TPSA) is 62.3 Å². The number of hydrogen-bond acceptors (Lipinski definition) is 6. The Morgan fingerprint density at radius 2 is 1.58 bits per heavy atom. The average molecular weight is 432 g/mol. The number of rotatable bonds is 5. The van der Waals surface area contributed by atoms with E-state index in [4.69, 9.17) is 9.47 Å². The van der Waals surface area contributed by atoms with Crippen LogP contribution in [0, 0.1) is 5.92 Å². The molecule has 7 nitrogen and oxygen atoms in total. The van der Waals surface area contributed by atoms with Gasteiger partial charge in [0.25, 0.3) is 0 Å². The number of piperazine rings is 1. The number of anilines is 1. The highest BCUT2D eigenvalue weighted by atomic mass is 16.6. The predicted molar refractivity (Wildman–Crippen MR) is 121 cm³/mol. The fourth-order valence-electron chi connectivity index (χ4n) is 4.24. The van der Waals surface area contributed by atoms with Crippen molar-refractivity contribution in [2.24, 2.45) is 5.92 Å². The molecule has 31 heavy (non-hydrogen) atoms.